The van der Waals surface area contributed by atoms with Crippen molar-refractivity contribution < 1.29 is 9.53 Å². The lowest BCUT2D eigenvalue weighted by Crippen LogP contribution is -2.46. The second-order valence-corrected chi connectivity index (χ2v) is 6.95. The van der Waals surface area contributed by atoms with E-state index in [1.54, 1.807) is 33.4 Å². The quantitative estimate of drug-likeness (QED) is 0.888. The smallest absolute Gasteiger partial charge is 0.254 e. The van der Waals surface area contributed by atoms with Crippen LogP contribution < -0.4 is 5.32 Å². The molecular formula is C19H25N5O2. The zero-order valence-electron chi connectivity index (χ0n) is 15.7. The molecule has 2 aromatic rings. The highest BCUT2D eigenvalue weighted by molar-refractivity contribution is 5.85. The van der Waals surface area contributed by atoms with Crippen LogP contribution in [0.2, 0.25) is 0 Å². The lowest BCUT2D eigenvalue weighted by molar-refractivity contribution is -0.152. The lowest BCUT2D eigenvalue weighted by atomic mass is 10.1. The molecule has 1 fully saturated rings. The van der Waals surface area contributed by atoms with Crippen LogP contribution in [0.4, 0.5) is 11.6 Å². The van der Waals surface area contributed by atoms with Crippen LogP contribution in [0.1, 0.15) is 44.1 Å². The normalized spacial score (nSPS) is 17.4. The van der Waals surface area contributed by atoms with E-state index in [9.17, 15) is 4.79 Å². The number of hydrogen-bond donors (Lipinski definition) is 1. The van der Waals surface area contributed by atoms with Crippen LogP contribution in [0.25, 0.3) is 0 Å². The molecule has 1 N–H and O–H groups in total. The van der Waals surface area contributed by atoms with E-state index in [4.69, 9.17) is 4.74 Å². The topological polar surface area (TPSA) is 80.2 Å². The van der Waals surface area contributed by atoms with E-state index in [-0.39, 0.29) is 11.9 Å². The molecule has 3 heterocycles. The van der Waals surface area contributed by atoms with E-state index in [0.717, 1.165) is 24.2 Å². The van der Waals surface area contributed by atoms with E-state index in [1.807, 2.05) is 30.0 Å². The van der Waals surface area contributed by atoms with Crippen molar-refractivity contribution >= 4 is 17.5 Å². The van der Waals surface area contributed by atoms with Crippen LogP contribution in [0, 0.1) is 6.92 Å². The molecular weight excluding hydrogens is 330 g/mol. The number of rotatable bonds is 5. The Hall–Kier alpha value is -2.54. The molecule has 0 spiro atoms. The van der Waals surface area contributed by atoms with Crippen molar-refractivity contribution in [1.82, 2.24) is 19.9 Å². The number of aromatic nitrogens is 3. The summed E-state index contributed by atoms with van der Waals surface area (Å²) in [5.74, 6) is 1.30. The Bertz CT molecular complexity index is 793. The maximum Gasteiger partial charge on any atom is 0.254 e. The van der Waals surface area contributed by atoms with Crippen molar-refractivity contribution in [3.05, 3.63) is 42.0 Å². The van der Waals surface area contributed by atoms with E-state index in [0.29, 0.717) is 18.2 Å². The van der Waals surface area contributed by atoms with Crippen molar-refractivity contribution in [1.29, 1.82) is 0 Å². The summed E-state index contributed by atoms with van der Waals surface area (Å²) < 4.78 is 5.38. The van der Waals surface area contributed by atoms with Gasteiger partial charge in [-0.05, 0) is 45.7 Å². The van der Waals surface area contributed by atoms with Gasteiger partial charge in [0.05, 0.1) is 6.04 Å². The number of likely N-dealkylation sites (tertiary alicyclic amines) is 1. The second kappa shape index (κ2) is 7.37. The molecule has 1 amide bonds. The summed E-state index contributed by atoms with van der Waals surface area (Å²) >= 11 is 0. The fourth-order valence-corrected chi connectivity index (χ4v) is 3.15. The predicted molar refractivity (Wildman–Crippen MR) is 99.1 cm³/mol. The van der Waals surface area contributed by atoms with Gasteiger partial charge in [-0.2, -0.15) is 0 Å². The number of ether oxygens (including phenoxy) is 1. The molecule has 26 heavy (non-hydrogen) atoms. The number of carbonyl (C=O) groups is 1. The third-order valence-electron chi connectivity index (χ3n) is 4.72. The van der Waals surface area contributed by atoms with Gasteiger partial charge in [-0.3, -0.25) is 9.78 Å². The first kappa shape index (κ1) is 18.3. The third-order valence-corrected chi connectivity index (χ3v) is 4.72. The minimum absolute atomic E-state index is 0.0345. The first-order valence-electron chi connectivity index (χ1n) is 8.80. The van der Waals surface area contributed by atoms with Crippen molar-refractivity contribution in [3.63, 3.8) is 0 Å². The average Bonchev–Trinajstić information content (AvgIpc) is 3.11. The highest BCUT2D eigenvalue weighted by Crippen LogP contribution is 2.36. The molecule has 0 aromatic carbocycles. The molecule has 3 rings (SSSR count). The highest BCUT2D eigenvalue weighted by atomic mass is 16.5. The van der Waals surface area contributed by atoms with E-state index in [1.165, 1.54) is 0 Å². The van der Waals surface area contributed by atoms with Crippen molar-refractivity contribution in [3.8, 4) is 0 Å². The molecule has 0 unspecified atom stereocenters. The lowest BCUT2D eigenvalue weighted by Gasteiger charge is -2.32. The number of carbonyl (C=O) groups excluding carboxylic acids is 1. The van der Waals surface area contributed by atoms with Gasteiger partial charge in [0, 0.05) is 31.7 Å². The minimum Gasteiger partial charge on any atom is -0.369 e. The fourth-order valence-electron chi connectivity index (χ4n) is 3.15. The van der Waals surface area contributed by atoms with Crippen LogP contribution in [-0.4, -0.2) is 45.0 Å². The third kappa shape index (κ3) is 3.67. The standard InChI is InChI=1S/C19H25N5O2/c1-13-7-5-9-15(22-13)23-17-16(20-10-11-21-17)14-8-6-12-24(14)18(25)19(2,3)26-4/h5,7,9-11,14H,6,8,12H2,1-4H3,(H,21,22,23)/t14-/m0/s1. The van der Waals surface area contributed by atoms with Crippen LogP contribution in [0.5, 0.6) is 0 Å². The second-order valence-electron chi connectivity index (χ2n) is 6.95. The van der Waals surface area contributed by atoms with Gasteiger partial charge in [0.1, 0.15) is 17.1 Å². The monoisotopic (exact) mass is 355 g/mol. The maximum absolute atomic E-state index is 12.9. The van der Waals surface area contributed by atoms with Gasteiger partial charge in [-0.25, -0.2) is 9.97 Å². The Morgan fingerprint density at radius 2 is 2.08 bits per heavy atom. The van der Waals surface area contributed by atoms with E-state index in [2.05, 4.69) is 20.3 Å². The van der Waals surface area contributed by atoms with Crippen LogP contribution in [0.3, 0.4) is 0 Å². The molecule has 0 aliphatic carbocycles. The van der Waals surface area contributed by atoms with Crippen molar-refractivity contribution in [2.75, 3.05) is 19.0 Å². The fraction of sp³-hybridized carbons (Fsp3) is 0.474. The SMILES string of the molecule is COC(C)(C)C(=O)N1CCC[C@H]1c1nccnc1Nc1cccc(C)n1. The van der Waals surface area contributed by atoms with Crippen molar-refractivity contribution in [2.24, 2.45) is 0 Å². The molecule has 2 aromatic heterocycles. The van der Waals surface area contributed by atoms with E-state index < -0.39 is 5.60 Å². The van der Waals surface area contributed by atoms with Gasteiger partial charge in [0.15, 0.2) is 5.82 Å². The number of pyridine rings is 1. The maximum atomic E-state index is 12.9. The van der Waals surface area contributed by atoms with Gasteiger partial charge >= 0.3 is 0 Å². The molecule has 1 atom stereocenters. The first-order valence-corrected chi connectivity index (χ1v) is 8.80. The molecule has 0 saturated carbocycles. The zero-order valence-corrected chi connectivity index (χ0v) is 15.7. The predicted octanol–water partition coefficient (Wildman–Crippen LogP) is 3.01. The number of aryl methyl sites for hydroxylation is 1. The number of amides is 1. The first-order chi connectivity index (χ1) is 12.4. The molecule has 138 valence electrons. The molecule has 0 bridgehead atoms. The van der Waals surface area contributed by atoms with Gasteiger partial charge in [0.2, 0.25) is 0 Å². The Balaban J connectivity index is 1.90. The van der Waals surface area contributed by atoms with E-state index >= 15 is 0 Å². The molecule has 0 radical (unpaired) electrons. The highest BCUT2D eigenvalue weighted by Gasteiger charge is 2.40. The van der Waals surface area contributed by atoms with Crippen molar-refractivity contribution in [2.45, 2.75) is 45.3 Å². The summed E-state index contributed by atoms with van der Waals surface area (Å²) in [5.41, 5.74) is 0.810. The number of methoxy groups -OCH3 is 1. The van der Waals surface area contributed by atoms with Gasteiger partial charge in [-0.15, -0.1) is 0 Å². The molecule has 7 nitrogen and oxygen atoms in total. The molecule has 1 aliphatic heterocycles. The Morgan fingerprint density at radius 3 is 2.81 bits per heavy atom. The van der Waals surface area contributed by atoms with Crippen LogP contribution in [0.15, 0.2) is 30.6 Å². The number of anilines is 2. The molecule has 1 aliphatic rings. The van der Waals surface area contributed by atoms with Crippen LogP contribution >= 0.6 is 0 Å². The summed E-state index contributed by atoms with van der Waals surface area (Å²) in [7, 11) is 1.56. The van der Waals surface area contributed by atoms with Gasteiger partial charge < -0.3 is 15.0 Å². The summed E-state index contributed by atoms with van der Waals surface area (Å²) in [5, 5.41) is 3.25. The Kier molecular flexibility index (Phi) is 5.18. The number of hydrogen-bond acceptors (Lipinski definition) is 6. The number of nitrogens with one attached hydrogen (secondary N) is 1. The Morgan fingerprint density at radius 1 is 1.31 bits per heavy atom. The summed E-state index contributed by atoms with van der Waals surface area (Å²) in [6, 6.07) is 5.63. The largest absolute Gasteiger partial charge is 0.369 e. The summed E-state index contributed by atoms with van der Waals surface area (Å²) in [6.45, 7) is 6.20. The van der Waals surface area contributed by atoms with Gasteiger partial charge in [0.25, 0.3) is 5.91 Å². The Labute approximate surface area is 153 Å². The van der Waals surface area contributed by atoms with Crippen LogP contribution in [-0.2, 0) is 9.53 Å². The summed E-state index contributed by atoms with van der Waals surface area (Å²) in [4.78, 5) is 28.2. The van der Waals surface area contributed by atoms with Gasteiger partial charge in [-0.1, -0.05) is 6.07 Å². The molecule has 7 heteroatoms. The zero-order chi connectivity index (χ0) is 18.7. The minimum atomic E-state index is -0.865. The summed E-state index contributed by atoms with van der Waals surface area (Å²) in [6.07, 6.45) is 5.07. The molecule has 1 saturated heterocycles. The number of nitrogens with zero attached hydrogens (tertiary/aromatic N) is 4. The average molecular weight is 355 g/mol.